The van der Waals surface area contributed by atoms with Crippen LogP contribution in [0.15, 0.2) is 35.9 Å². The van der Waals surface area contributed by atoms with Crippen LogP contribution in [0, 0.1) is 0 Å². The monoisotopic (exact) mass is 324 g/mol. The number of carbonyl (C=O) groups is 1. The number of Topliss-reactive ketones (excluding diaryl/α,β-unsaturated/α-hetero) is 1. The van der Waals surface area contributed by atoms with E-state index >= 15 is 0 Å². The zero-order valence-electron chi connectivity index (χ0n) is 12.5. The molecule has 0 unspecified atom stereocenters. The molecule has 0 atom stereocenters. The summed E-state index contributed by atoms with van der Waals surface area (Å²) in [5.41, 5.74) is 1.91. The minimum Gasteiger partial charge on any atom is -0.488 e. The van der Waals surface area contributed by atoms with E-state index in [1.165, 1.54) is 0 Å². The van der Waals surface area contributed by atoms with Gasteiger partial charge in [0.1, 0.15) is 12.4 Å². The third kappa shape index (κ3) is 2.00. The fourth-order valence-corrected chi connectivity index (χ4v) is 2.93. The zero-order valence-corrected chi connectivity index (χ0v) is 12.5. The maximum absolute atomic E-state index is 12.8. The van der Waals surface area contributed by atoms with Crippen LogP contribution in [0.3, 0.4) is 0 Å². The third-order valence-corrected chi connectivity index (χ3v) is 4.13. The molecule has 5 rings (SSSR count). The van der Waals surface area contributed by atoms with Gasteiger partial charge in [-0.05, 0) is 29.8 Å². The van der Waals surface area contributed by atoms with Gasteiger partial charge in [-0.15, -0.1) is 0 Å². The number of ether oxygens (including phenoxy) is 5. The van der Waals surface area contributed by atoms with Crippen molar-refractivity contribution >= 4 is 11.9 Å². The molecule has 6 heteroatoms. The number of ketones is 1. The molecule has 24 heavy (non-hydrogen) atoms. The van der Waals surface area contributed by atoms with Crippen LogP contribution in [0.4, 0.5) is 0 Å². The highest BCUT2D eigenvalue weighted by molar-refractivity contribution is 6.14. The molecule has 0 fully saturated rings. The van der Waals surface area contributed by atoms with Crippen LogP contribution in [-0.4, -0.2) is 26.0 Å². The molecule has 0 bridgehead atoms. The number of carbonyl (C=O) groups excluding carboxylic acids is 1. The average Bonchev–Trinajstić information content (AvgIpc) is 3.24. The molecule has 0 spiro atoms. The van der Waals surface area contributed by atoms with Crippen molar-refractivity contribution in [1.29, 1.82) is 0 Å². The van der Waals surface area contributed by atoms with E-state index in [-0.39, 0.29) is 26.0 Å². The first-order valence-electron chi connectivity index (χ1n) is 7.49. The molecule has 2 aromatic carbocycles. The molecule has 2 aromatic rings. The summed E-state index contributed by atoms with van der Waals surface area (Å²) < 4.78 is 27.0. The Bertz CT molecular complexity index is 899. The largest absolute Gasteiger partial charge is 0.488 e. The van der Waals surface area contributed by atoms with Crippen molar-refractivity contribution in [2.75, 3.05) is 20.2 Å². The van der Waals surface area contributed by atoms with Crippen molar-refractivity contribution in [2.24, 2.45) is 0 Å². The van der Waals surface area contributed by atoms with Crippen molar-refractivity contribution in [2.45, 2.75) is 0 Å². The predicted molar refractivity (Wildman–Crippen MR) is 82.9 cm³/mol. The van der Waals surface area contributed by atoms with Gasteiger partial charge in [0, 0.05) is 11.6 Å². The lowest BCUT2D eigenvalue weighted by Crippen LogP contribution is -2.19. The molecule has 0 amide bonds. The van der Waals surface area contributed by atoms with E-state index in [4.69, 9.17) is 23.7 Å². The summed E-state index contributed by atoms with van der Waals surface area (Å²) in [6.45, 7) is 0.587. The molecule has 6 nitrogen and oxygen atoms in total. The summed E-state index contributed by atoms with van der Waals surface area (Å²) in [4.78, 5) is 12.8. The Morgan fingerprint density at radius 1 is 0.750 bits per heavy atom. The molecule has 0 aliphatic carbocycles. The molecule has 0 radical (unpaired) electrons. The lowest BCUT2D eigenvalue weighted by atomic mass is 9.98. The van der Waals surface area contributed by atoms with Crippen molar-refractivity contribution in [3.8, 4) is 28.7 Å². The first kappa shape index (κ1) is 13.3. The standard InChI is InChI=1S/C18H12O6/c19-18-11(3-10-1-2-13-15(4-10)22-8-21-13)7-20-14-6-17-16(5-12(14)18)23-9-24-17/h1-6H,7-9H2. The topological polar surface area (TPSA) is 63.2 Å². The van der Waals surface area contributed by atoms with Crippen molar-refractivity contribution in [3.63, 3.8) is 0 Å². The van der Waals surface area contributed by atoms with Crippen molar-refractivity contribution in [1.82, 2.24) is 0 Å². The van der Waals surface area contributed by atoms with E-state index in [0.29, 0.717) is 39.9 Å². The minimum atomic E-state index is -0.0767. The third-order valence-electron chi connectivity index (χ3n) is 4.13. The number of hydrogen-bond donors (Lipinski definition) is 0. The van der Waals surface area contributed by atoms with Gasteiger partial charge in [-0.25, -0.2) is 0 Å². The molecule has 3 aliphatic rings. The van der Waals surface area contributed by atoms with E-state index < -0.39 is 0 Å². The maximum Gasteiger partial charge on any atom is 0.231 e. The normalized spacial score (nSPS) is 18.5. The number of benzene rings is 2. The Kier molecular flexibility index (Phi) is 2.73. The average molecular weight is 324 g/mol. The number of rotatable bonds is 1. The summed E-state index contributed by atoms with van der Waals surface area (Å²) in [5.74, 6) is 3.00. The molecule has 3 heterocycles. The molecule has 120 valence electrons. The first-order chi connectivity index (χ1) is 11.8. The van der Waals surface area contributed by atoms with Gasteiger partial charge in [0.05, 0.1) is 5.56 Å². The maximum atomic E-state index is 12.8. The Balaban J connectivity index is 1.51. The van der Waals surface area contributed by atoms with Crippen LogP contribution < -0.4 is 23.7 Å². The quantitative estimate of drug-likeness (QED) is 0.752. The van der Waals surface area contributed by atoms with Gasteiger partial charge < -0.3 is 23.7 Å². The summed E-state index contributed by atoms with van der Waals surface area (Å²) in [7, 11) is 0. The van der Waals surface area contributed by atoms with E-state index in [1.54, 1.807) is 18.2 Å². The van der Waals surface area contributed by atoms with Crippen LogP contribution >= 0.6 is 0 Å². The highest BCUT2D eigenvalue weighted by Crippen LogP contribution is 2.41. The predicted octanol–water partition coefficient (Wildman–Crippen LogP) is 2.80. The van der Waals surface area contributed by atoms with E-state index in [9.17, 15) is 4.79 Å². The fraction of sp³-hybridized carbons (Fsp3) is 0.167. The second kappa shape index (κ2) is 4.92. The summed E-state index contributed by atoms with van der Waals surface area (Å²) in [6, 6.07) is 8.93. The highest BCUT2D eigenvalue weighted by atomic mass is 16.7. The molecule has 3 aliphatic heterocycles. The summed E-state index contributed by atoms with van der Waals surface area (Å²) >= 11 is 0. The minimum absolute atomic E-state index is 0.0767. The highest BCUT2D eigenvalue weighted by Gasteiger charge is 2.28. The fourth-order valence-electron chi connectivity index (χ4n) is 2.93. The van der Waals surface area contributed by atoms with Gasteiger partial charge >= 0.3 is 0 Å². The Morgan fingerprint density at radius 3 is 2.29 bits per heavy atom. The number of fused-ring (bicyclic) bond motifs is 3. The second-order valence-electron chi connectivity index (χ2n) is 5.60. The van der Waals surface area contributed by atoms with Gasteiger partial charge in [0.25, 0.3) is 0 Å². The van der Waals surface area contributed by atoms with E-state index in [0.717, 1.165) is 5.56 Å². The van der Waals surface area contributed by atoms with Gasteiger partial charge in [-0.2, -0.15) is 0 Å². The zero-order chi connectivity index (χ0) is 16.1. The molecule has 0 saturated carbocycles. The lowest BCUT2D eigenvalue weighted by molar-refractivity contribution is 0.100. The molecule has 0 N–H and O–H groups in total. The summed E-state index contributed by atoms with van der Waals surface area (Å²) in [6.07, 6.45) is 1.80. The Hall–Kier alpha value is -3.15. The Labute approximate surface area is 137 Å². The first-order valence-corrected chi connectivity index (χ1v) is 7.49. The van der Waals surface area contributed by atoms with Crippen LogP contribution in [0.5, 0.6) is 28.7 Å². The molecular weight excluding hydrogens is 312 g/mol. The van der Waals surface area contributed by atoms with Crippen molar-refractivity contribution in [3.05, 3.63) is 47.0 Å². The van der Waals surface area contributed by atoms with Crippen molar-refractivity contribution < 1.29 is 28.5 Å². The van der Waals surface area contributed by atoms with Gasteiger partial charge in [-0.1, -0.05) is 6.07 Å². The van der Waals surface area contributed by atoms with Gasteiger partial charge in [0.2, 0.25) is 13.6 Å². The van der Waals surface area contributed by atoms with Gasteiger partial charge in [-0.3, -0.25) is 4.79 Å². The summed E-state index contributed by atoms with van der Waals surface area (Å²) in [5, 5.41) is 0. The molecule has 0 saturated heterocycles. The Morgan fingerprint density at radius 2 is 1.46 bits per heavy atom. The van der Waals surface area contributed by atoms with E-state index in [1.807, 2.05) is 18.2 Å². The van der Waals surface area contributed by atoms with Crippen LogP contribution in [0.1, 0.15) is 15.9 Å². The van der Waals surface area contributed by atoms with E-state index in [2.05, 4.69) is 0 Å². The van der Waals surface area contributed by atoms with Gasteiger partial charge in [0.15, 0.2) is 28.8 Å². The van der Waals surface area contributed by atoms with Crippen LogP contribution in [0.25, 0.3) is 6.08 Å². The molecular formula is C18H12O6. The van der Waals surface area contributed by atoms with Crippen LogP contribution in [0.2, 0.25) is 0 Å². The number of hydrogen-bond acceptors (Lipinski definition) is 6. The molecule has 0 aromatic heterocycles. The smallest absolute Gasteiger partial charge is 0.231 e. The van der Waals surface area contributed by atoms with Crippen LogP contribution in [-0.2, 0) is 0 Å². The second-order valence-corrected chi connectivity index (χ2v) is 5.60. The lowest BCUT2D eigenvalue weighted by Gasteiger charge is -2.19. The SMILES string of the molecule is O=C1C(=Cc2ccc3c(c2)OCO3)COc2cc3c(cc21)OCO3.